The van der Waals surface area contributed by atoms with E-state index in [4.69, 9.17) is 4.74 Å². The number of aliphatic imine (C=N–C) groups is 1. The Kier molecular flexibility index (Phi) is 3.65. The molecule has 2 unspecified atom stereocenters. The fourth-order valence-electron chi connectivity index (χ4n) is 3.68. The highest BCUT2D eigenvalue weighted by Gasteiger charge is 2.34. The van der Waals surface area contributed by atoms with Gasteiger partial charge in [0.05, 0.1) is 17.1 Å². The molecule has 2 aliphatic heterocycles. The van der Waals surface area contributed by atoms with Crippen LogP contribution in [0, 0.1) is 0 Å². The number of fused-ring (bicyclic) bond motifs is 2. The Morgan fingerprint density at radius 1 is 0.964 bits per heavy atom. The van der Waals surface area contributed by atoms with Crippen LogP contribution in [0.3, 0.4) is 0 Å². The molecule has 6 heteroatoms. The third kappa shape index (κ3) is 2.45. The normalized spacial score (nSPS) is 20.5. The second-order valence-electron chi connectivity index (χ2n) is 6.86. The van der Waals surface area contributed by atoms with E-state index in [1.807, 2.05) is 48.5 Å². The fraction of sp³-hybridized carbons (Fsp3) is 0.136. The molecule has 0 bridgehead atoms. The van der Waals surface area contributed by atoms with Crippen LogP contribution in [0.1, 0.15) is 40.2 Å². The minimum absolute atomic E-state index is 0.0371. The molecule has 0 fully saturated rings. The van der Waals surface area contributed by atoms with E-state index < -0.39 is 12.1 Å². The van der Waals surface area contributed by atoms with E-state index >= 15 is 0 Å². The van der Waals surface area contributed by atoms with Crippen molar-refractivity contribution >= 4 is 23.1 Å². The van der Waals surface area contributed by atoms with Crippen molar-refractivity contribution in [3.8, 4) is 5.75 Å². The van der Waals surface area contributed by atoms with Crippen LogP contribution < -0.4 is 10.1 Å². The highest BCUT2D eigenvalue weighted by Crippen LogP contribution is 2.39. The molecule has 0 radical (unpaired) electrons. The number of hydrogen-bond acceptors (Lipinski definition) is 4. The lowest BCUT2D eigenvalue weighted by molar-refractivity contribution is -0.123. The van der Waals surface area contributed by atoms with Crippen LogP contribution in [0.4, 0.5) is 5.69 Å². The van der Waals surface area contributed by atoms with Gasteiger partial charge in [0.1, 0.15) is 6.04 Å². The molecule has 1 aromatic heterocycles. The van der Waals surface area contributed by atoms with Crippen molar-refractivity contribution in [1.82, 2.24) is 4.98 Å². The Morgan fingerprint density at radius 3 is 2.61 bits per heavy atom. The highest BCUT2D eigenvalue weighted by atomic mass is 16.5. The number of anilines is 1. The Bertz CT molecular complexity index is 1130. The van der Waals surface area contributed by atoms with Crippen LogP contribution in [-0.4, -0.2) is 28.4 Å². The lowest BCUT2D eigenvalue weighted by Gasteiger charge is -2.29. The number of aromatic amines is 1. The number of nitrogens with one attached hydrogen (secondary N) is 2. The molecular weight excluding hydrogens is 354 g/mol. The van der Waals surface area contributed by atoms with Crippen molar-refractivity contribution in [3.63, 3.8) is 0 Å². The van der Waals surface area contributed by atoms with E-state index in [1.165, 1.54) is 0 Å². The topological polar surface area (TPSA) is 83.5 Å². The smallest absolute Gasteiger partial charge is 0.270 e. The molecule has 2 atom stereocenters. The quantitative estimate of drug-likeness (QED) is 0.723. The molecule has 3 heterocycles. The molecule has 2 N–H and O–H groups in total. The van der Waals surface area contributed by atoms with Gasteiger partial charge in [-0.25, -0.2) is 0 Å². The van der Waals surface area contributed by atoms with Gasteiger partial charge in [-0.05, 0) is 25.1 Å². The molecule has 0 saturated carbocycles. The standard InChI is InChI=1S/C22H17N3O3/c1-12-19(26)18-14(10-11-23-18)17(24-12)15-8-5-9-16-21(15)28-20(22(27)25-16)13-6-3-2-4-7-13/h2-12,20,23H,1H3,(H,25,27). The number of aromatic nitrogens is 1. The molecule has 2 aliphatic rings. The minimum atomic E-state index is -0.746. The zero-order valence-corrected chi connectivity index (χ0v) is 15.1. The van der Waals surface area contributed by atoms with Crippen LogP contribution in [0.25, 0.3) is 0 Å². The van der Waals surface area contributed by atoms with Crippen LogP contribution in [0.5, 0.6) is 5.75 Å². The summed E-state index contributed by atoms with van der Waals surface area (Å²) in [5, 5.41) is 2.93. The first kappa shape index (κ1) is 16.5. The van der Waals surface area contributed by atoms with Crippen LogP contribution in [0.15, 0.2) is 65.8 Å². The maximum atomic E-state index is 12.6. The van der Waals surface area contributed by atoms with Crippen molar-refractivity contribution in [2.24, 2.45) is 4.99 Å². The molecule has 0 aliphatic carbocycles. The Morgan fingerprint density at radius 2 is 1.79 bits per heavy atom. The number of carbonyl (C=O) groups excluding carboxylic acids is 2. The van der Waals surface area contributed by atoms with Crippen molar-refractivity contribution < 1.29 is 14.3 Å². The zero-order valence-electron chi connectivity index (χ0n) is 15.1. The summed E-state index contributed by atoms with van der Waals surface area (Å²) in [5.74, 6) is 0.306. The first-order chi connectivity index (χ1) is 13.6. The van der Waals surface area contributed by atoms with Crippen molar-refractivity contribution in [2.45, 2.75) is 19.1 Å². The molecule has 1 amide bonds. The number of ether oxygens (including phenoxy) is 1. The molecule has 3 aromatic rings. The van der Waals surface area contributed by atoms with Gasteiger partial charge in [0.25, 0.3) is 5.91 Å². The number of carbonyl (C=O) groups is 2. The monoisotopic (exact) mass is 371 g/mol. The van der Waals surface area contributed by atoms with Crippen molar-refractivity contribution in [2.75, 3.05) is 5.32 Å². The van der Waals surface area contributed by atoms with Gasteiger partial charge in [0, 0.05) is 22.9 Å². The number of Topliss-reactive ketones (excluding diaryl/α,β-unsaturated/α-hetero) is 1. The summed E-state index contributed by atoms with van der Waals surface area (Å²) in [4.78, 5) is 32.6. The van der Waals surface area contributed by atoms with Crippen LogP contribution >= 0.6 is 0 Å². The largest absolute Gasteiger partial charge is 0.473 e. The van der Waals surface area contributed by atoms with Gasteiger partial charge < -0.3 is 15.0 Å². The van der Waals surface area contributed by atoms with Crippen LogP contribution in [0.2, 0.25) is 0 Å². The number of benzene rings is 2. The molecule has 5 rings (SSSR count). The molecule has 138 valence electrons. The van der Waals surface area contributed by atoms with Gasteiger partial charge in [-0.3, -0.25) is 14.6 Å². The van der Waals surface area contributed by atoms with E-state index in [9.17, 15) is 9.59 Å². The average molecular weight is 371 g/mol. The van der Waals surface area contributed by atoms with E-state index in [0.717, 1.165) is 16.7 Å². The Balaban J connectivity index is 1.64. The maximum Gasteiger partial charge on any atom is 0.270 e. The Labute approximate surface area is 161 Å². The predicted molar refractivity (Wildman–Crippen MR) is 105 cm³/mol. The number of amides is 1. The summed E-state index contributed by atoms with van der Waals surface area (Å²) in [5.41, 5.74) is 4.10. The second-order valence-corrected chi connectivity index (χ2v) is 6.86. The lowest BCUT2D eigenvalue weighted by Crippen LogP contribution is -2.32. The molecule has 0 spiro atoms. The van der Waals surface area contributed by atoms with Gasteiger partial charge in [-0.15, -0.1) is 0 Å². The molecule has 6 nitrogen and oxygen atoms in total. The minimum Gasteiger partial charge on any atom is -0.473 e. The van der Waals surface area contributed by atoms with Gasteiger partial charge >= 0.3 is 0 Å². The zero-order chi connectivity index (χ0) is 19.3. The van der Waals surface area contributed by atoms with Gasteiger partial charge in [-0.1, -0.05) is 36.4 Å². The highest BCUT2D eigenvalue weighted by molar-refractivity contribution is 6.23. The predicted octanol–water partition coefficient (Wildman–Crippen LogP) is 3.51. The number of nitrogens with zero attached hydrogens (tertiary/aromatic N) is 1. The van der Waals surface area contributed by atoms with Gasteiger partial charge in [0.15, 0.2) is 5.75 Å². The lowest BCUT2D eigenvalue weighted by atomic mass is 9.94. The number of H-pyrrole nitrogens is 1. The van der Waals surface area contributed by atoms with Gasteiger partial charge in [0.2, 0.25) is 11.9 Å². The third-order valence-electron chi connectivity index (χ3n) is 5.05. The first-order valence-electron chi connectivity index (χ1n) is 9.09. The maximum absolute atomic E-state index is 12.6. The number of hydrogen-bond donors (Lipinski definition) is 2. The van der Waals surface area contributed by atoms with E-state index in [1.54, 1.807) is 19.2 Å². The van der Waals surface area contributed by atoms with E-state index in [0.29, 0.717) is 22.8 Å². The third-order valence-corrected chi connectivity index (χ3v) is 5.05. The van der Waals surface area contributed by atoms with Crippen LogP contribution in [-0.2, 0) is 4.79 Å². The summed E-state index contributed by atoms with van der Waals surface area (Å²) in [6, 6.07) is 16.3. The fourth-order valence-corrected chi connectivity index (χ4v) is 3.68. The second kappa shape index (κ2) is 6.20. The summed E-state index contributed by atoms with van der Waals surface area (Å²) in [6.45, 7) is 1.77. The van der Waals surface area contributed by atoms with E-state index in [-0.39, 0.29) is 11.7 Å². The Hall–Kier alpha value is -3.67. The van der Waals surface area contributed by atoms with Crippen molar-refractivity contribution in [1.29, 1.82) is 0 Å². The summed E-state index contributed by atoms with van der Waals surface area (Å²) in [6.07, 6.45) is 0.991. The average Bonchev–Trinajstić information content (AvgIpc) is 3.21. The number of para-hydroxylation sites is 1. The SMILES string of the molecule is CC1N=C(c2cccc3c2OC(c2ccccc2)C(=O)N3)c2cc[nH]c2C1=O. The number of rotatable bonds is 2. The molecular formula is C22H17N3O3. The first-order valence-corrected chi connectivity index (χ1v) is 9.09. The molecule has 28 heavy (non-hydrogen) atoms. The number of ketones is 1. The molecule has 2 aromatic carbocycles. The summed E-state index contributed by atoms with van der Waals surface area (Å²) < 4.78 is 6.18. The summed E-state index contributed by atoms with van der Waals surface area (Å²) >= 11 is 0. The summed E-state index contributed by atoms with van der Waals surface area (Å²) in [7, 11) is 0. The van der Waals surface area contributed by atoms with Crippen molar-refractivity contribution in [3.05, 3.63) is 83.2 Å². The van der Waals surface area contributed by atoms with E-state index in [2.05, 4.69) is 15.3 Å². The van der Waals surface area contributed by atoms with Gasteiger partial charge in [-0.2, -0.15) is 0 Å². The molecule has 0 saturated heterocycles.